The van der Waals surface area contributed by atoms with Crippen molar-refractivity contribution in [1.29, 1.82) is 0 Å². The molecular formula is C15H18N2O5. The van der Waals surface area contributed by atoms with Crippen LogP contribution in [0.4, 0.5) is 5.69 Å². The van der Waals surface area contributed by atoms with Gasteiger partial charge in [0, 0.05) is 24.7 Å². The normalized spacial score (nSPS) is 17.9. The van der Waals surface area contributed by atoms with E-state index in [-0.39, 0.29) is 25.0 Å². The number of carboxylic acids is 1. The van der Waals surface area contributed by atoms with Gasteiger partial charge in [0.25, 0.3) is 5.91 Å². The minimum absolute atomic E-state index is 0.0114. The number of hydrogen-bond donors (Lipinski definition) is 2. The molecule has 0 aromatic heterocycles. The van der Waals surface area contributed by atoms with Crippen LogP contribution in [0.5, 0.6) is 0 Å². The van der Waals surface area contributed by atoms with Gasteiger partial charge in [-0.3, -0.25) is 9.59 Å². The molecule has 0 radical (unpaired) electrons. The number of rotatable bonds is 3. The topological polar surface area (TPSA) is 95.9 Å². The largest absolute Gasteiger partial charge is 0.479 e. The van der Waals surface area contributed by atoms with E-state index in [1.54, 1.807) is 18.2 Å². The highest BCUT2D eigenvalue weighted by atomic mass is 16.5. The number of nitrogens with zero attached hydrogens (tertiary/aromatic N) is 1. The van der Waals surface area contributed by atoms with Gasteiger partial charge in [-0.15, -0.1) is 0 Å². The highest BCUT2D eigenvalue weighted by molar-refractivity contribution is 5.97. The number of benzene rings is 1. The number of aryl methyl sites for hydroxylation is 1. The van der Waals surface area contributed by atoms with Gasteiger partial charge in [0.05, 0.1) is 13.2 Å². The molecule has 1 fully saturated rings. The fraction of sp³-hybridized carbons (Fsp3) is 0.400. The Bertz CT molecular complexity index is 614. The van der Waals surface area contributed by atoms with Gasteiger partial charge in [-0.2, -0.15) is 0 Å². The van der Waals surface area contributed by atoms with Gasteiger partial charge < -0.3 is 20.1 Å². The fourth-order valence-corrected chi connectivity index (χ4v) is 2.25. The zero-order valence-electron chi connectivity index (χ0n) is 12.5. The molecule has 22 heavy (non-hydrogen) atoms. The molecule has 1 aromatic carbocycles. The van der Waals surface area contributed by atoms with Gasteiger partial charge in [0.15, 0.2) is 6.10 Å². The smallest absolute Gasteiger partial charge is 0.334 e. The maximum atomic E-state index is 12.5. The number of carbonyl (C=O) groups excluding carboxylic acids is 2. The van der Waals surface area contributed by atoms with Crippen molar-refractivity contribution in [2.45, 2.75) is 20.0 Å². The number of aliphatic carboxylic acids is 1. The molecule has 2 amide bonds. The molecule has 118 valence electrons. The molecule has 2 rings (SSSR count). The van der Waals surface area contributed by atoms with Crippen LogP contribution in [0.1, 0.15) is 22.8 Å². The zero-order valence-corrected chi connectivity index (χ0v) is 12.5. The molecule has 0 aliphatic carbocycles. The second-order valence-electron chi connectivity index (χ2n) is 5.16. The van der Waals surface area contributed by atoms with Gasteiger partial charge in [-0.05, 0) is 24.6 Å². The highest BCUT2D eigenvalue weighted by Gasteiger charge is 2.29. The lowest BCUT2D eigenvalue weighted by Gasteiger charge is -2.31. The van der Waals surface area contributed by atoms with Gasteiger partial charge in [0.2, 0.25) is 5.91 Å². The Labute approximate surface area is 127 Å². The van der Waals surface area contributed by atoms with E-state index in [1.165, 1.54) is 11.8 Å². The molecule has 1 atom stereocenters. The maximum absolute atomic E-state index is 12.5. The predicted molar refractivity (Wildman–Crippen MR) is 78.8 cm³/mol. The molecule has 0 saturated carbocycles. The number of carboxylic acid groups (broad SMARTS) is 1. The van der Waals surface area contributed by atoms with Crippen LogP contribution in [-0.4, -0.2) is 53.6 Å². The van der Waals surface area contributed by atoms with Gasteiger partial charge in [-0.25, -0.2) is 4.79 Å². The summed E-state index contributed by atoms with van der Waals surface area (Å²) in [5.74, 6) is -1.58. The molecule has 1 unspecified atom stereocenters. The predicted octanol–water partition coefficient (Wildman–Crippen LogP) is 0.879. The van der Waals surface area contributed by atoms with Crippen LogP contribution in [-0.2, 0) is 14.3 Å². The first-order chi connectivity index (χ1) is 10.4. The second kappa shape index (κ2) is 6.57. The third-order valence-corrected chi connectivity index (χ3v) is 3.42. The van der Waals surface area contributed by atoms with E-state index in [1.807, 2.05) is 6.92 Å². The van der Waals surface area contributed by atoms with E-state index in [0.29, 0.717) is 17.8 Å². The van der Waals surface area contributed by atoms with Crippen molar-refractivity contribution in [2.75, 3.05) is 25.0 Å². The molecule has 1 heterocycles. The van der Waals surface area contributed by atoms with E-state index in [4.69, 9.17) is 9.84 Å². The molecule has 2 N–H and O–H groups in total. The minimum atomic E-state index is -1.08. The molecule has 0 bridgehead atoms. The Kier molecular flexibility index (Phi) is 4.77. The van der Waals surface area contributed by atoms with E-state index in [9.17, 15) is 14.4 Å². The fourth-order valence-electron chi connectivity index (χ4n) is 2.25. The third kappa shape index (κ3) is 3.62. The van der Waals surface area contributed by atoms with Crippen molar-refractivity contribution >= 4 is 23.5 Å². The average molecular weight is 306 g/mol. The standard InChI is InChI=1S/C15H18N2O5/c1-9-3-4-11(7-12(9)16-10(2)18)14(19)17-5-6-22-13(8-17)15(20)21/h3-4,7,13H,5-6,8H2,1-2H3,(H,16,18)(H,20,21). The van der Waals surface area contributed by atoms with Crippen molar-refractivity contribution < 1.29 is 24.2 Å². The summed E-state index contributed by atoms with van der Waals surface area (Å²) in [6.45, 7) is 3.76. The SMILES string of the molecule is CC(=O)Nc1cc(C(=O)N2CCOC(C(=O)O)C2)ccc1C. The number of amides is 2. The molecular weight excluding hydrogens is 288 g/mol. The van der Waals surface area contributed by atoms with E-state index in [0.717, 1.165) is 5.56 Å². The number of morpholine rings is 1. The van der Waals surface area contributed by atoms with Crippen LogP contribution in [0.15, 0.2) is 18.2 Å². The second-order valence-corrected chi connectivity index (χ2v) is 5.16. The lowest BCUT2D eigenvalue weighted by atomic mass is 10.1. The Morgan fingerprint density at radius 3 is 2.73 bits per heavy atom. The van der Waals surface area contributed by atoms with Crippen LogP contribution in [0, 0.1) is 6.92 Å². The van der Waals surface area contributed by atoms with Crippen LogP contribution in [0.2, 0.25) is 0 Å². The Morgan fingerprint density at radius 2 is 2.09 bits per heavy atom. The van der Waals surface area contributed by atoms with Crippen molar-refractivity contribution in [3.05, 3.63) is 29.3 Å². The van der Waals surface area contributed by atoms with Crippen molar-refractivity contribution in [1.82, 2.24) is 4.90 Å². The maximum Gasteiger partial charge on any atom is 0.334 e. The molecule has 1 saturated heterocycles. The lowest BCUT2D eigenvalue weighted by molar-refractivity contribution is -0.154. The van der Waals surface area contributed by atoms with Crippen LogP contribution < -0.4 is 5.32 Å². The first-order valence-electron chi connectivity index (χ1n) is 6.90. The zero-order chi connectivity index (χ0) is 16.3. The third-order valence-electron chi connectivity index (χ3n) is 3.42. The average Bonchev–Trinajstić information content (AvgIpc) is 2.48. The van der Waals surface area contributed by atoms with Crippen molar-refractivity contribution in [3.63, 3.8) is 0 Å². The summed E-state index contributed by atoms with van der Waals surface area (Å²) in [6.07, 6.45) is -1.00. The van der Waals surface area contributed by atoms with Crippen LogP contribution in [0.25, 0.3) is 0 Å². The van der Waals surface area contributed by atoms with Crippen molar-refractivity contribution in [3.8, 4) is 0 Å². The number of nitrogens with one attached hydrogen (secondary N) is 1. The molecule has 0 spiro atoms. The van der Waals surface area contributed by atoms with Gasteiger partial charge >= 0.3 is 5.97 Å². The summed E-state index contributed by atoms with van der Waals surface area (Å²) in [6, 6.07) is 5.01. The summed E-state index contributed by atoms with van der Waals surface area (Å²) >= 11 is 0. The minimum Gasteiger partial charge on any atom is -0.479 e. The number of hydrogen-bond acceptors (Lipinski definition) is 4. The molecule has 7 heteroatoms. The molecule has 1 aliphatic rings. The number of carbonyl (C=O) groups is 3. The van der Waals surface area contributed by atoms with E-state index >= 15 is 0 Å². The van der Waals surface area contributed by atoms with E-state index < -0.39 is 12.1 Å². The van der Waals surface area contributed by atoms with Crippen LogP contribution in [0.3, 0.4) is 0 Å². The van der Waals surface area contributed by atoms with Crippen LogP contribution >= 0.6 is 0 Å². The van der Waals surface area contributed by atoms with Crippen molar-refractivity contribution in [2.24, 2.45) is 0 Å². The Morgan fingerprint density at radius 1 is 1.36 bits per heavy atom. The molecule has 1 aliphatic heterocycles. The summed E-state index contributed by atoms with van der Waals surface area (Å²) in [7, 11) is 0. The summed E-state index contributed by atoms with van der Waals surface area (Å²) < 4.78 is 5.10. The monoisotopic (exact) mass is 306 g/mol. The lowest BCUT2D eigenvalue weighted by Crippen LogP contribution is -2.48. The van der Waals surface area contributed by atoms with Gasteiger partial charge in [-0.1, -0.05) is 6.07 Å². The number of ether oxygens (including phenoxy) is 1. The molecule has 1 aromatic rings. The summed E-state index contributed by atoms with van der Waals surface area (Å²) in [5.41, 5.74) is 1.82. The summed E-state index contributed by atoms with van der Waals surface area (Å²) in [5, 5.41) is 11.6. The Balaban J connectivity index is 2.18. The Hall–Kier alpha value is -2.41. The molecule has 7 nitrogen and oxygen atoms in total. The highest BCUT2D eigenvalue weighted by Crippen LogP contribution is 2.19. The first-order valence-corrected chi connectivity index (χ1v) is 6.90. The summed E-state index contributed by atoms with van der Waals surface area (Å²) in [4.78, 5) is 36.1. The van der Waals surface area contributed by atoms with E-state index in [2.05, 4.69) is 5.32 Å². The quantitative estimate of drug-likeness (QED) is 0.864. The first kappa shape index (κ1) is 16.0. The number of anilines is 1. The van der Waals surface area contributed by atoms with Gasteiger partial charge in [0.1, 0.15) is 0 Å².